The zero-order valence-corrected chi connectivity index (χ0v) is 36.2. The van der Waals surface area contributed by atoms with Crippen LogP contribution in [-0.2, 0) is 90.3 Å². The van der Waals surface area contributed by atoms with Gasteiger partial charge in [-0.2, -0.15) is 0 Å². The van der Waals surface area contributed by atoms with Crippen molar-refractivity contribution in [2.45, 2.75) is 197 Å². The van der Waals surface area contributed by atoms with E-state index in [9.17, 15) is 29.1 Å². The van der Waals surface area contributed by atoms with Gasteiger partial charge in [0.05, 0.1) is 0 Å². The number of rotatable bonds is 4. The number of fused-ring (bicyclic) bond motifs is 9. The Hall–Kier alpha value is -3.57. The van der Waals surface area contributed by atoms with Crippen LogP contribution in [0.5, 0.6) is 0 Å². The molecule has 15 atom stereocenters. The van der Waals surface area contributed by atoms with E-state index in [1.807, 2.05) is 0 Å². The molecule has 0 aromatic rings. The molecule has 20 nitrogen and oxygen atoms in total. The molecule has 1 spiro atoms. The first-order valence-electron chi connectivity index (χ1n) is 20.9. The molecule has 1 aliphatic carbocycles. The van der Waals surface area contributed by atoms with E-state index in [1.54, 1.807) is 27.7 Å². The standard InChI is InChI=1S/C20H28O7.C13H16O7.C9H12O6/c1-10(2)16(21)24-14-12-13(23-17(14)22)15-18(25-12)27-20(26-15)8-6-11(7-9-20)19(3,4)5;1-5(2)10(14)17-8-6-7(16-11(8)15)9-12(18-6)20-13(3,4)19-9;1-9(2)14-6-5-4(13-8(6)15-9)3(10)7(11)12-5/h11-15,18H,1,6-9H2,2-5H3;6-9,12H,1H2,2-4H3;3-6,8,10H,1-2H3/t11?,12-,13-,14-,15+,18+,20?;6-,7-,8-,9+,12+;3-,4+,5-,6+,8+/m000/s1. The van der Waals surface area contributed by atoms with E-state index in [-0.39, 0.29) is 16.6 Å². The second-order valence-corrected chi connectivity index (χ2v) is 19.2. The predicted octanol–water partition coefficient (Wildman–Crippen LogP) is 1.90. The molecule has 0 bridgehead atoms. The molecule has 9 saturated heterocycles. The summed E-state index contributed by atoms with van der Waals surface area (Å²) in [7, 11) is 0. The second kappa shape index (κ2) is 15.8. The minimum atomic E-state index is -1.23. The first-order chi connectivity index (χ1) is 28.9. The van der Waals surface area contributed by atoms with E-state index in [1.165, 1.54) is 13.8 Å². The summed E-state index contributed by atoms with van der Waals surface area (Å²) in [5, 5.41) is 9.44. The molecule has 344 valence electrons. The fourth-order valence-corrected chi connectivity index (χ4v) is 9.34. The number of carbonyl (C=O) groups is 5. The molecule has 20 heteroatoms. The van der Waals surface area contributed by atoms with Gasteiger partial charge in [-0.1, -0.05) is 33.9 Å². The predicted molar refractivity (Wildman–Crippen MR) is 201 cm³/mol. The Bertz CT molecular complexity index is 1860. The monoisotopic (exact) mass is 880 g/mol. The van der Waals surface area contributed by atoms with Crippen LogP contribution in [0.3, 0.4) is 0 Å². The van der Waals surface area contributed by atoms with Crippen molar-refractivity contribution in [1.29, 1.82) is 0 Å². The number of aliphatic hydroxyl groups is 1. The number of hydrogen-bond donors (Lipinski definition) is 1. The number of aliphatic hydroxyl groups excluding tert-OH is 1. The Balaban J connectivity index is 0.000000134. The smallest absolute Gasteiger partial charge is 0.350 e. The van der Waals surface area contributed by atoms with Crippen molar-refractivity contribution in [1.82, 2.24) is 0 Å². The molecule has 0 aromatic carbocycles. The highest BCUT2D eigenvalue weighted by Gasteiger charge is 2.67. The third kappa shape index (κ3) is 8.31. The minimum absolute atomic E-state index is 0.202. The number of esters is 5. The first-order valence-corrected chi connectivity index (χ1v) is 20.9. The van der Waals surface area contributed by atoms with Crippen LogP contribution >= 0.6 is 0 Å². The van der Waals surface area contributed by atoms with Gasteiger partial charge in [-0.05, 0) is 65.7 Å². The van der Waals surface area contributed by atoms with Crippen molar-refractivity contribution in [2.24, 2.45) is 11.3 Å². The van der Waals surface area contributed by atoms with Crippen LogP contribution in [-0.4, -0.2) is 144 Å². The average molecular weight is 881 g/mol. The van der Waals surface area contributed by atoms with Crippen LogP contribution in [0, 0.1) is 11.3 Å². The molecule has 10 aliphatic rings. The zero-order valence-electron chi connectivity index (χ0n) is 36.2. The maximum absolute atomic E-state index is 12.2. The van der Waals surface area contributed by atoms with Crippen molar-refractivity contribution in [3.8, 4) is 0 Å². The average Bonchev–Trinajstić information content (AvgIpc) is 4.06. The summed E-state index contributed by atoms with van der Waals surface area (Å²) in [6, 6.07) is 0. The number of hydrogen-bond acceptors (Lipinski definition) is 20. The second-order valence-electron chi connectivity index (χ2n) is 19.2. The van der Waals surface area contributed by atoms with Gasteiger partial charge in [0.15, 0.2) is 79.0 Å². The highest BCUT2D eigenvalue weighted by Crippen LogP contribution is 2.51. The van der Waals surface area contributed by atoms with E-state index < -0.39 is 139 Å². The van der Waals surface area contributed by atoms with Gasteiger partial charge in [0.25, 0.3) is 0 Å². The van der Waals surface area contributed by atoms with E-state index in [0.717, 1.165) is 25.7 Å². The fourth-order valence-electron chi connectivity index (χ4n) is 9.34. The quantitative estimate of drug-likeness (QED) is 0.241. The van der Waals surface area contributed by atoms with E-state index in [4.69, 9.17) is 66.3 Å². The van der Waals surface area contributed by atoms with Crippen LogP contribution in [0.15, 0.2) is 24.3 Å². The van der Waals surface area contributed by atoms with Gasteiger partial charge >= 0.3 is 29.8 Å². The molecular weight excluding hydrogens is 824 g/mol. The molecule has 10 rings (SSSR count). The maximum Gasteiger partial charge on any atom is 0.350 e. The maximum atomic E-state index is 12.2. The summed E-state index contributed by atoms with van der Waals surface area (Å²) >= 11 is 0. The number of ether oxygens (including phenoxy) is 14. The van der Waals surface area contributed by atoms with Gasteiger partial charge in [-0.25, -0.2) is 24.0 Å². The van der Waals surface area contributed by atoms with Gasteiger partial charge in [0.1, 0.15) is 18.3 Å². The third-order valence-corrected chi connectivity index (χ3v) is 12.5. The summed E-state index contributed by atoms with van der Waals surface area (Å²) in [5.74, 6) is -4.77. The molecule has 0 amide bonds. The lowest BCUT2D eigenvalue weighted by Crippen LogP contribution is -2.42. The molecule has 62 heavy (non-hydrogen) atoms. The number of carbonyl (C=O) groups excluding carboxylic acids is 5. The zero-order chi connectivity index (χ0) is 45.0. The van der Waals surface area contributed by atoms with Gasteiger partial charge in [0, 0.05) is 24.0 Å². The van der Waals surface area contributed by atoms with Crippen LogP contribution < -0.4 is 0 Å². The Morgan fingerprint density at radius 3 is 1.40 bits per heavy atom. The van der Waals surface area contributed by atoms with E-state index in [0.29, 0.717) is 5.92 Å². The van der Waals surface area contributed by atoms with Crippen LogP contribution in [0.2, 0.25) is 0 Å². The van der Waals surface area contributed by atoms with E-state index in [2.05, 4.69) is 33.9 Å². The Kier molecular flexibility index (Phi) is 11.5. The molecule has 9 heterocycles. The van der Waals surface area contributed by atoms with Crippen molar-refractivity contribution in [3.63, 3.8) is 0 Å². The topological polar surface area (TPSA) is 235 Å². The highest BCUT2D eigenvalue weighted by atomic mass is 16.9. The molecule has 1 saturated carbocycles. The summed E-state index contributed by atoms with van der Waals surface area (Å²) in [6.07, 6.45) is -6.91. The van der Waals surface area contributed by atoms with Crippen LogP contribution in [0.4, 0.5) is 0 Å². The lowest BCUT2D eigenvalue weighted by molar-refractivity contribution is -0.251. The Labute approximate surface area is 357 Å². The summed E-state index contributed by atoms with van der Waals surface area (Å²) in [5.41, 5.74) is 0.679. The normalized spacial score (nSPS) is 44.5. The lowest BCUT2D eigenvalue weighted by Gasteiger charge is -2.41. The van der Waals surface area contributed by atoms with Crippen LogP contribution in [0.1, 0.15) is 88.0 Å². The van der Waals surface area contributed by atoms with Gasteiger partial charge in [-0.3, -0.25) is 0 Å². The molecule has 0 radical (unpaired) electrons. The summed E-state index contributed by atoms with van der Waals surface area (Å²) in [4.78, 5) is 58.4. The molecule has 0 unspecified atom stereocenters. The van der Waals surface area contributed by atoms with Crippen molar-refractivity contribution < 1.29 is 95.4 Å². The highest BCUT2D eigenvalue weighted by molar-refractivity contribution is 5.91. The molecule has 1 N–H and O–H groups in total. The third-order valence-electron chi connectivity index (χ3n) is 12.5. The molecule has 10 fully saturated rings. The largest absolute Gasteiger partial charge is 0.454 e. The first kappa shape index (κ1) is 45.0. The van der Waals surface area contributed by atoms with Gasteiger partial charge in [-0.15, -0.1) is 0 Å². The summed E-state index contributed by atoms with van der Waals surface area (Å²) < 4.78 is 77.4. The van der Waals surface area contributed by atoms with Crippen molar-refractivity contribution >= 4 is 29.8 Å². The van der Waals surface area contributed by atoms with Gasteiger partial charge in [0.2, 0.25) is 12.2 Å². The Morgan fingerprint density at radius 1 is 0.581 bits per heavy atom. The van der Waals surface area contributed by atoms with Crippen molar-refractivity contribution in [3.05, 3.63) is 24.3 Å². The SMILES string of the molecule is C=C(C)C(=O)O[C@@H]1C(=O)O[C@@H]2[C@H]3OC(C)(C)O[C@H]3O[C@@H]21.C=C(C)C(=O)O[C@@H]1C(=O)O[C@@H]2[C@H]3OC4(CCC(C(C)(C)C)CC4)O[C@H]3O[C@@H]21.CC1(C)O[C@H]2O[C@H]3[C@H](OC(=O)[C@H]3O)[C@H]2O1. The minimum Gasteiger partial charge on any atom is -0.454 e. The fraction of sp³-hybridized carbons (Fsp3) is 0.786. The Morgan fingerprint density at radius 2 is 0.968 bits per heavy atom. The van der Waals surface area contributed by atoms with Gasteiger partial charge < -0.3 is 71.4 Å². The van der Waals surface area contributed by atoms with Crippen molar-refractivity contribution in [2.75, 3.05) is 0 Å². The van der Waals surface area contributed by atoms with E-state index >= 15 is 0 Å². The molecule has 9 aliphatic heterocycles. The van der Waals surface area contributed by atoms with Crippen LogP contribution in [0.25, 0.3) is 0 Å². The molecule has 0 aromatic heterocycles. The summed E-state index contributed by atoms with van der Waals surface area (Å²) in [6.45, 7) is 23.8. The lowest BCUT2D eigenvalue weighted by atomic mass is 9.71. The molecular formula is C42H56O20.